The number of carbonyl (C=O) groups excluding carboxylic acids is 1. The van der Waals surface area contributed by atoms with E-state index in [2.05, 4.69) is 31.9 Å². The minimum absolute atomic E-state index is 0.143. The molecule has 0 aromatic heterocycles. The summed E-state index contributed by atoms with van der Waals surface area (Å²) in [6.07, 6.45) is 0. The Bertz CT molecular complexity index is 573. The Morgan fingerprint density at radius 2 is 1.61 bits per heavy atom. The van der Waals surface area contributed by atoms with E-state index >= 15 is 0 Å². The van der Waals surface area contributed by atoms with Gasteiger partial charge in [0.05, 0.1) is 5.02 Å². The average molecular weight is 409 g/mol. The molecule has 0 aliphatic carbocycles. The molecule has 1 nitrogen and oxygen atoms in total. The molecule has 2 aromatic carbocycles. The molecule has 0 spiro atoms. The zero-order valence-electron chi connectivity index (χ0n) is 8.88. The van der Waals surface area contributed by atoms with Crippen LogP contribution in [0.4, 0.5) is 0 Å². The van der Waals surface area contributed by atoms with E-state index in [1.807, 2.05) is 12.1 Å². The Morgan fingerprint density at radius 1 is 0.944 bits per heavy atom. The summed E-state index contributed by atoms with van der Waals surface area (Å²) in [6, 6.07) is 10.2. The third-order valence-electron chi connectivity index (χ3n) is 2.35. The highest BCUT2D eigenvalue weighted by Gasteiger charge is 2.15. The van der Waals surface area contributed by atoms with Gasteiger partial charge in [0.15, 0.2) is 5.78 Å². The highest BCUT2D eigenvalue weighted by molar-refractivity contribution is 9.11. The van der Waals surface area contributed by atoms with Crippen LogP contribution in [0.2, 0.25) is 10.0 Å². The molecule has 0 amide bonds. The second-order valence-electron chi connectivity index (χ2n) is 3.58. The molecule has 18 heavy (non-hydrogen) atoms. The highest BCUT2D eigenvalue weighted by atomic mass is 79.9. The van der Waals surface area contributed by atoms with E-state index < -0.39 is 0 Å². The first kappa shape index (κ1) is 14.1. The SMILES string of the molecule is O=C(c1ccc(Cl)cc1Cl)c1ccc(Br)cc1Br. The van der Waals surface area contributed by atoms with Crippen LogP contribution in [0.15, 0.2) is 45.3 Å². The lowest BCUT2D eigenvalue weighted by Gasteiger charge is -2.06. The molecule has 0 saturated carbocycles. The quantitative estimate of drug-likeness (QED) is 0.578. The van der Waals surface area contributed by atoms with Crippen LogP contribution in [-0.2, 0) is 0 Å². The van der Waals surface area contributed by atoms with Crippen LogP contribution in [-0.4, -0.2) is 5.78 Å². The van der Waals surface area contributed by atoms with Crippen molar-refractivity contribution >= 4 is 60.8 Å². The molecule has 0 bridgehead atoms. The molecule has 0 aliphatic rings. The summed E-state index contributed by atoms with van der Waals surface area (Å²) in [4.78, 5) is 12.3. The molecule has 0 unspecified atom stereocenters. The van der Waals surface area contributed by atoms with Gasteiger partial charge in [0, 0.05) is 25.1 Å². The van der Waals surface area contributed by atoms with E-state index in [1.165, 1.54) is 0 Å². The van der Waals surface area contributed by atoms with Gasteiger partial charge in [-0.3, -0.25) is 4.79 Å². The van der Waals surface area contributed by atoms with Gasteiger partial charge in [-0.25, -0.2) is 0 Å². The lowest BCUT2D eigenvalue weighted by Crippen LogP contribution is -2.03. The fourth-order valence-corrected chi connectivity index (χ4v) is 3.21. The van der Waals surface area contributed by atoms with Gasteiger partial charge in [-0.05, 0) is 52.3 Å². The van der Waals surface area contributed by atoms with Crippen molar-refractivity contribution in [2.45, 2.75) is 0 Å². The number of rotatable bonds is 2. The maximum atomic E-state index is 12.3. The topological polar surface area (TPSA) is 17.1 Å². The van der Waals surface area contributed by atoms with Crippen LogP contribution >= 0.6 is 55.1 Å². The summed E-state index contributed by atoms with van der Waals surface area (Å²) in [5.41, 5.74) is 0.992. The summed E-state index contributed by atoms with van der Waals surface area (Å²) in [5.74, 6) is -0.143. The van der Waals surface area contributed by atoms with E-state index in [0.717, 1.165) is 4.47 Å². The smallest absolute Gasteiger partial charge is 0.195 e. The Hall–Kier alpha value is -0.350. The largest absolute Gasteiger partial charge is 0.289 e. The van der Waals surface area contributed by atoms with Crippen molar-refractivity contribution in [2.24, 2.45) is 0 Å². The molecule has 0 saturated heterocycles. The lowest BCUT2D eigenvalue weighted by molar-refractivity contribution is 0.103. The third kappa shape index (κ3) is 2.97. The molecule has 2 aromatic rings. The van der Waals surface area contributed by atoms with Crippen LogP contribution in [0.25, 0.3) is 0 Å². The molecule has 92 valence electrons. The van der Waals surface area contributed by atoms with Gasteiger partial charge in [0.1, 0.15) is 0 Å². The van der Waals surface area contributed by atoms with Crippen LogP contribution in [0.1, 0.15) is 15.9 Å². The highest BCUT2D eigenvalue weighted by Crippen LogP contribution is 2.28. The molecule has 5 heteroatoms. The first-order valence-corrected chi connectivity index (χ1v) is 7.28. The molecule has 2 rings (SSSR count). The van der Waals surface area contributed by atoms with Gasteiger partial charge in [0.2, 0.25) is 0 Å². The van der Waals surface area contributed by atoms with E-state index in [0.29, 0.717) is 25.6 Å². The van der Waals surface area contributed by atoms with Gasteiger partial charge >= 0.3 is 0 Å². The van der Waals surface area contributed by atoms with Crippen LogP contribution in [0.5, 0.6) is 0 Å². The summed E-state index contributed by atoms with van der Waals surface area (Å²) >= 11 is 18.5. The third-order valence-corrected chi connectivity index (χ3v) is 4.05. The van der Waals surface area contributed by atoms with Crippen molar-refractivity contribution in [3.05, 3.63) is 66.5 Å². The molecule has 0 N–H and O–H groups in total. The summed E-state index contributed by atoms with van der Waals surface area (Å²) in [5, 5.41) is 0.855. The zero-order valence-corrected chi connectivity index (χ0v) is 13.6. The molecule has 0 radical (unpaired) electrons. The molecule has 0 fully saturated rings. The number of halogens is 4. The number of carbonyl (C=O) groups is 1. The number of benzene rings is 2. The number of hydrogen-bond acceptors (Lipinski definition) is 1. The fourth-order valence-electron chi connectivity index (χ4n) is 1.49. The standard InChI is InChI=1S/C13H6Br2Cl2O/c14-7-1-3-9(11(15)5-7)13(18)10-4-2-8(16)6-12(10)17/h1-6H. The van der Waals surface area contributed by atoms with Crippen molar-refractivity contribution in [2.75, 3.05) is 0 Å². The Labute approximate surface area is 131 Å². The Morgan fingerprint density at radius 3 is 2.22 bits per heavy atom. The number of ketones is 1. The minimum atomic E-state index is -0.143. The predicted octanol–water partition coefficient (Wildman–Crippen LogP) is 5.75. The van der Waals surface area contributed by atoms with E-state index in [-0.39, 0.29) is 5.78 Å². The van der Waals surface area contributed by atoms with Crippen molar-refractivity contribution in [1.29, 1.82) is 0 Å². The van der Waals surface area contributed by atoms with Gasteiger partial charge in [0.25, 0.3) is 0 Å². The molecular formula is C13H6Br2Cl2O. The zero-order chi connectivity index (χ0) is 13.3. The summed E-state index contributed by atoms with van der Waals surface area (Å²) in [6.45, 7) is 0. The average Bonchev–Trinajstić information content (AvgIpc) is 2.28. The lowest BCUT2D eigenvalue weighted by atomic mass is 10.0. The van der Waals surface area contributed by atoms with Gasteiger partial charge in [-0.2, -0.15) is 0 Å². The molecule has 0 aliphatic heterocycles. The second-order valence-corrected chi connectivity index (χ2v) is 6.19. The van der Waals surface area contributed by atoms with Crippen molar-refractivity contribution in [1.82, 2.24) is 0 Å². The van der Waals surface area contributed by atoms with Crippen LogP contribution in [0, 0.1) is 0 Å². The van der Waals surface area contributed by atoms with E-state index in [9.17, 15) is 4.79 Å². The minimum Gasteiger partial charge on any atom is -0.289 e. The fraction of sp³-hybridized carbons (Fsp3) is 0. The maximum absolute atomic E-state index is 12.3. The summed E-state index contributed by atoms with van der Waals surface area (Å²) in [7, 11) is 0. The van der Waals surface area contributed by atoms with Crippen LogP contribution in [0.3, 0.4) is 0 Å². The molecule has 0 heterocycles. The molecule has 0 atom stereocenters. The van der Waals surface area contributed by atoms with Crippen molar-refractivity contribution < 1.29 is 4.79 Å². The molecular weight excluding hydrogens is 403 g/mol. The Balaban J connectivity index is 2.48. The van der Waals surface area contributed by atoms with Crippen molar-refractivity contribution in [3.63, 3.8) is 0 Å². The predicted molar refractivity (Wildman–Crippen MR) is 81.7 cm³/mol. The normalized spacial score (nSPS) is 10.4. The monoisotopic (exact) mass is 406 g/mol. The first-order chi connectivity index (χ1) is 8.49. The van der Waals surface area contributed by atoms with Gasteiger partial charge in [-0.15, -0.1) is 0 Å². The van der Waals surface area contributed by atoms with Crippen LogP contribution < -0.4 is 0 Å². The summed E-state index contributed by atoms with van der Waals surface area (Å²) < 4.78 is 1.61. The van der Waals surface area contributed by atoms with Gasteiger partial charge < -0.3 is 0 Å². The second kappa shape index (κ2) is 5.74. The number of hydrogen-bond donors (Lipinski definition) is 0. The van der Waals surface area contributed by atoms with E-state index in [1.54, 1.807) is 24.3 Å². The van der Waals surface area contributed by atoms with E-state index in [4.69, 9.17) is 23.2 Å². The Kier molecular flexibility index (Phi) is 4.49. The van der Waals surface area contributed by atoms with Gasteiger partial charge in [-0.1, -0.05) is 39.1 Å². The van der Waals surface area contributed by atoms with Crippen molar-refractivity contribution in [3.8, 4) is 0 Å². The first-order valence-electron chi connectivity index (χ1n) is 4.94. The maximum Gasteiger partial charge on any atom is 0.195 e.